The van der Waals surface area contributed by atoms with Gasteiger partial charge < -0.3 is 14.6 Å². The summed E-state index contributed by atoms with van der Waals surface area (Å²) in [6, 6.07) is 16.5. The van der Waals surface area contributed by atoms with Crippen molar-refractivity contribution in [1.82, 2.24) is 14.9 Å². The molecule has 33 heavy (non-hydrogen) atoms. The largest absolute Gasteiger partial charge is 0.494 e. The molecule has 0 bridgehead atoms. The topological polar surface area (TPSA) is 56.2 Å². The van der Waals surface area contributed by atoms with Crippen molar-refractivity contribution in [3.8, 4) is 5.75 Å². The molecule has 1 amide bonds. The summed E-state index contributed by atoms with van der Waals surface area (Å²) in [4.78, 5) is 17.5. The van der Waals surface area contributed by atoms with E-state index in [1.807, 2.05) is 25.1 Å². The maximum atomic E-state index is 12.6. The van der Waals surface area contributed by atoms with Gasteiger partial charge in [0.1, 0.15) is 11.6 Å². The Morgan fingerprint density at radius 1 is 1.00 bits per heavy atom. The Morgan fingerprint density at radius 3 is 2.36 bits per heavy atom. The molecule has 0 saturated heterocycles. The summed E-state index contributed by atoms with van der Waals surface area (Å²) in [6.45, 7) is 12.0. The number of hydrogen-bond donors (Lipinski definition) is 1. The lowest BCUT2D eigenvalue weighted by Crippen LogP contribution is -2.33. The summed E-state index contributed by atoms with van der Waals surface area (Å²) in [6.07, 6.45) is 3.69. The van der Waals surface area contributed by atoms with Crippen LogP contribution in [0.3, 0.4) is 0 Å². The first kappa shape index (κ1) is 24.8. The molecule has 1 aromatic heterocycles. The zero-order chi connectivity index (χ0) is 23.8. The van der Waals surface area contributed by atoms with Gasteiger partial charge in [-0.25, -0.2) is 4.98 Å². The van der Waals surface area contributed by atoms with E-state index < -0.39 is 0 Å². The number of nitrogens with one attached hydrogen (secondary N) is 1. The predicted octanol–water partition coefficient (Wildman–Crippen LogP) is 6.63. The number of carbonyl (C=O) groups excluding carboxylic acids is 1. The molecule has 2 atom stereocenters. The van der Waals surface area contributed by atoms with Crippen molar-refractivity contribution >= 4 is 16.9 Å². The van der Waals surface area contributed by atoms with Crippen LogP contribution >= 0.6 is 0 Å². The third kappa shape index (κ3) is 6.16. The van der Waals surface area contributed by atoms with Crippen LogP contribution in [0.2, 0.25) is 0 Å². The molecular weight excluding hydrogens is 410 g/mol. The number of fused-ring (bicyclic) bond motifs is 1. The standard InChI is InChI=1S/C28H39N3O2/c1-6-20(4)23-14-16-24(17-15-23)33-19-11-18-31-26-13-10-9-12-25(26)30-27(31)21(5)29-28(32)22(7-2)8-3/h9-10,12-17,20-22H,6-8,11,18-19H2,1-5H3,(H,29,32). The van der Waals surface area contributed by atoms with Gasteiger partial charge in [-0.15, -0.1) is 0 Å². The molecule has 2 aromatic carbocycles. The fourth-order valence-electron chi connectivity index (χ4n) is 4.26. The fourth-order valence-corrected chi connectivity index (χ4v) is 4.26. The minimum Gasteiger partial charge on any atom is -0.494 e. The van der Waals surface area contributed by atoms with Crippen molar-refractivity contribution in [1.29, 1.82) is 0 Å². The predicted molar refractivity (Wildman–Crippen MR) is 136 cm³/mol. The normalized spacial score (nSPS) is 13.3. The van der Waals surface area contributed by atoms with Crippen molar-refractivity contribution in [3.05, 3.63) is 59.9 Å². The maximum Gasteiger partial charge on any atom is 0.223 e. The molecule has 0 fully saturated rings. The molecule has 3 rings (SSSR count). The van der Waals surface area contributed by atoms with Gasteiger partial charge in [0.2, 0.25) is 5.91 Å². The molecule has 5 heteroatoms. The van der Waals surface area contributed by atoms with Crippen LogP contribution < -0.4 is 10.1 Å². The third-order valence-corrected chi connectivity index (χ3v) is 6.64. The van der Waals surface area contributed by atoms with E-state index in [0.717, 1.165) is 54.8 Å². The lowest BCUT2D eigenvalue weighted by Gasteiger charge is -2.19. The number of benzene rings is 2. The average Bonchev–Trinajstić information content (AvgIpc) is 3.21. The minimum absolute atomic E-state index is 0.0466. The number of hydrogen-bond acceptors (Lipinski definition) is 3. The van der Waals surface area contributed by atoms with E-state index in [0.29, 0.717) is 12.5 Å². The van der Waals surface area contributed by atoms with Crippen LogP contribution in [0.25, 0.3) is 11.0 Å². The van der Waals surface area contributed by atoms with E-state index in [9.17, 15) is 4.79 Å². The number of aryl methyl sites for hydroxylation is 1. The lowest BCUT2D eigenvalue weighted by molar-refractivity contribution is -0.125. The van der Waals surface area contributed by atoms with E-state index in [1.54, 1.807) is 0 Å². The molecule has 1 N–H and O–H groups in total. The smallest absolute Gasteiger partial charge is 0.223 e. The van der Waals surface area contributed by atoms with Gasteiger partial charge >= 0.3 is 0 Å². The summed E-state index contributed by atoms with van der Waals surface area (Å²) in [5, 5.41) is 3.18. The fraction of sp³-hybridized carbons (Fsp3) is 0.500. The van der Waals surface area contributed by atoms with Crippen LogP contribution in [-0.4, -0.2) is 22.1 Å². The van der Waals surface area contributed by atoms with Gasteiger partial charge in [0.05, 0.1) is 23.7 Å². The minimum atomic E-state index is -0.153. The SMILES string of the molecule is CCC(CC)C(=O)NC(C)c1nc2ccccc2n1CCCOc1ccc(C(C)CC)cc1. The van der Waals surface area contributed by atoms with Gasteiger partial charge in [0.25, 0.3) is 0 Å². The summed E-state index contributed by atoms with van der Waals surface area (Å²) < 4.78 is 8.23. The van der Waals surface area contributed by atoms with E-state index in [4.69, 9.17) is 9.72 Å². The van der Waals surface area contributed by atoms with E-state index in [2.05, 4.69) is 67.9 Å². The Labute approximate surface area is 198 Å². The second kappa shape index (κ2) is 11.9. The molecule has 0 saturated carbocycles. The van der Waals surface area contributed by atoms with Crippen LogP contribution in [0.4, 0.5) is 0 Å². The first-order chi connectivity index (χ1) is 16.0. The number of rotatable bonds is 12. The molecule has 0 aliphatic heterocycles. The van der Waals surface area contributed by atoms with Crippen LogP contribution in [0.15, 0.2) is 48.5 Å². The van der Waals surface area contributed by atoms with Crippen molar-refractivity contribution < 1.29 is 9.53 Å². The molecule has 1 heterocycles. The second-order valence-electron chi connectivity index (χ2n) is 8.93. The van der Waals surface area contributed by atoms with Crippen molar-refractivity contribution in [2.24, 2.45) is 5.92 Å². The highest BCUT2D eigenvalue weighted by molar-refractivity contribution is 5.79. The van der Waals surface area contributed by atoms with Crippen molar-refractivity contribution in [2.75, 3.05) is 6.61 Å². The van der Waals surface area contributed by atoms with Crippen LogP contribution in [0, 0.1) is 5.92 Å². The number of nitrogens with zero attached hydrogens (tertiary/aromatic N) is 2. The molecule has 3 aromatic rings. The second-order valence-corrected chi connectivity index (χ2v) is 8.93. The van der Waals surface area contributed by atoms with Gasteiger partial charge in [0, 0.05) is 12.5 Å². The number of para-hydroxylation sites is 2. The number of amides is 1. The molecule has 178 valence electrons. The monoisotopic (exact) mass is 449 g/mol. The summed E-state index contributed by atoms with van der Waals surface area (Å²) >= 11 is 0. The molecule has 5 nitrogen and oxygen atoms in total. The van der Waals surface area contributed by atoms with Crippen molar-refractivity contribution in [3.63, 3.8) is 0 Å². The maximum absolute atomic E-state index is 12.6. The zero-order valence-electron chi connectivity index (χ0n) is 20.8. The van der Waals surface area contributed by atoms with Crippen LogP contribution in [0.1, 0.15) is 83.6 Å². The lowest BCUT2D eigenvalue weighted by atomic mass is 9.99. The summed E-state index contributed by atoms with van der Waals surface area (Å²) in [5.41, 5.74) is 3.40. The highest BCUT2D eigenvalue weighted by Gasteiger charge is 2.21. The number of ether oxygens (including phenoxy) is 1. The number of aromatic nitrogens is 2. The Hall–Kier alpha value is -2.82. The highest BCUT2D eigenvalue weighted by atomic mass is 16.5. The average molecular weight is 450 g/mol. The van der Waals surface area contributed by atoms with Crippen molar-refractivity contribution in [2.45, 2.75) is 78.8 Å². The van der Waals surface area contributed by atoms with Gasteiger partial charge in [-0.3, -0.25) is 4.79 Å². The summed E-state index contributed by atoms with van der Waals surface area (Å²) in [5.74, 6) is 2.53. The van der Waals surface area contributed by atoms with E-state index >= 15 is 0 Å². The molecule has 0 aliphatic carbocycles. The first-order valence-electron chi connectivity index (χ1n) is 12.5. The Balaban J connectivity index is 1.66. The Bertz CT molecular complexity index is 1020. The molecule has 2 unspecified atom stereocenters. The zero-order valence-corrected chi connectivity index (χ0v) is 20.8. The van der Waals surface area contributed by atoms with Gasteiger partial charge in [-0.05, 0) is 68.4 Å². The molecule has 0 radical (unpaired) electrons. The Morgan fingerprint density at radius 2 is 1.70 bits per heavy atom. The first-order valence-corrected chi connectivity index (χ1v) is 12.5. The van der Waals surface area contributed by atoms with Crippen LogP contribution in [-0.2, 0) is 11.3 Å². The third-order valence-electron chi connectivity index (χ3n) is 6.64. The molecule has 0 spiro atoms. The number of imidazole rings is 1. The highest BCUT2D eigenvalue weighted by Crippen LogP contribution is 2.23. The van der Waals surface area contributed by atoms with E-state index in [-0.39, 0.29) is 17.9 Å². The quantitative estimate of drug-likeness (QED) is 0.316. The molecular formula is C28H39N3O2. The van der Waals surface area contributed by atoms with Crippen LogP contribution in [0.5, 0.6) is 5.75 Å². The van der Waals surface area contributed by atoms with Gasteiger partial charge in [0.15, 0.2) is 0 Å². The van der Waals surface area contributed by atoms with Gasteiger partial charge in [-0.1, -0.05) is 52.0 Å². The molecule has 0 aliphatic rings. The van der Waals surface area contributed by atoms with Gasteiger partial charge in [-0.2, -0.15) is 0 Å². The van der Waals surface area contributed by atoms with E-state index in [1.165, 1.54) is 5.56 Å². The number of carbonyl (C=O) groups is 1. The summed E-state index contributed by atoms with van der Waals surface area (Å²) in [7, 11) is 0. The Kier molecular flexibility index (Phi) is 8.93.